The summed E-state index contributed by atoms with van der Waals surface area (Å²) < 4.78 is 0. The molecule has 0 atom stereocenters. The van der Waals surface area contributed by atoms with Gasteiger partial charge < -0.3 is 4.98 Å². The van der Waals surface area contributed by atoms with Gasteiger partial charge in [-0.2, -0.15) is 5.06 Å². The smallest absolute Gasteiger partial charge is 0.238 e. The molecular formula is C18H17N3O2. The normalized spacial score (nSPS) is 10.5. The number of carbonyl (C=O) groups excluding carboxylic acids is 1. The van der Waals surface area contributed by atoms with E-state index >= 15 is 0 Å². The number of nitrogens with one attached hydrogen (secondary N) is 1. The highest BCUT2D eigenvalue weighted by Crippen LogP contribution is 2.30. The summed E-state index contributed by atoms with van der Waals surface area (Å²) >= 11 is 0. The van der Waals surface area contributed by atoms with Crippen molar-refractivity contribution in [2.45, 2.75) is 6.92 Å². The number of carbonyl (C=O) groups is 1. The van der Waals surface area contributed by atoms with Crippen LogP contribution in [0.25, 0.3) is 22.6 Å². The van der Waals surface area contributed by atoms with E-state index in [9.17, 15) is 4.79 Å². The first-order valence-electron chi connectivity index (χ1n) is 7.40. The molecule has 0 aliphatic heterocycles. The van der Waals surface area contributed by atoms with E-state index in [-0.39, 0.29) is 0 Å². The van der Waals surface area contributed by atoms with Gasteiger partial charge in [0.05, 0.1) is 24.2 Å². The summed E-state index contributed by atoms with van der Waals surface area (Å²) in [6, 6.07) is 17.4. The van der Waals surface area contributed by atoms with Gasteiger partial charge in [-0.3, -0.25) is 9.63 Å². The highest BCUT2D eigenvalue weighted by atomic mass is 16.7. The van der Waals surface area contributed by atoms with E-state index in [0.29, 0.717) is 18.7 Å². The van der Waals surface area contributed by atoms with Crippen LogP contribution in [0.15, 0.2) is 60.8 Å². The first-order valence-corrected chi connectivity index (χ1v) is 7.40. The van der Waals surface area contributed by atoms with Crippen molar-refractivity contribution in [2.75, 3.05) is 11.7 Å². The number of hydrogen-bond donors (Lipinski definition) is 1. The van der Waals surface area contributed by atoms with E-state index in [4.69, 9.17) is 4.84 Å². The fourth-order valence-corrected chi connectivity index (χ4v) is 2.39. The second-order valence-corrected chi connectivity index (χ2v) is 4.88. The molecule has 0 unspecified atom stereocenters. The topological polar surface area (TPSA) is 58.2 Å². The van der Waals surface area contributed by atoms with Crippen LogP contribution in [0.4, 0.5) is 5.69 Å². The number of aromatic amines is 1. The second kappa shape index (κ2) is 6.89. The lowest BCUT2D eigenvalue weighted by molar-refractivity contribution is -0.113. The van der Waals surface area contributed by atoms with Crippen molar-refractivity contribution in [2.24, 2.45) is 0 Å². The number of hydroxylamine groups is 1. The Kier molecular flexibility index (Phi) is 4.49. The van der Waals surface area contributed by atoms with Crippen molar-refractivity contribution in [3.8, 4) is 22.6 Å². The van der Waals surface area contributed by atoms with Crippen LogP contribution in [0.3, 0.4) is 0 Å². The average molecular weight is 307 g/mol. The van der Waals surface area contributed by atoms with Crippen LogP contribution in [-0.4, -0.2) is 23.0 Å². The fourth-order valence-electron chi connectivity index (χ4n) is 2.39. The molecular weight excluding hydrogens is 290 g/mol. The maximum Gasteiger partial charge on any atom is 0.238 e. The summed E-state index contributed by atoms with van der Waals surface area (Å²) in [4.78, 5) is 24.4. The van der Waals surface area contributed by atoms with Gasteiger partial charge in [0.15, 0.2) is 0 Å². The van der Waals surface area contributed by atoms with Crippen LogP contribution in [0.1, 0.15) is 6.92 Å². The van der Waals surface area contributed by atoms with Gasteiger partial charge in [-0.05, 0) is 13.0 Å². The van der Waals surface area contributed by atoms with E-state index in [1.54, 1.807) is 6.20 Å². The predicted octanol–water partition coefficient (Wildman–Crippen LogP) is 3.66. The van der Waals surface area contributed by atoms with Gasteiger partial charge in [-0.1, -0.05) is 48.5 Å². The Bertz CT molecular complexity index is 784. The standard InChI is InChI=1S/C18H17N3O2/c1-2-23-21(13-22)17-11-7-6-10-15(17)16-12-19-18(20-16)14-8-4-3-5-9-14/h3-13H,2H2,1H3,(H,19,20). The lowest BCUT2D eigenvalue weighted by atomic mass is 10.1. The summed E-state index contributed by atoms with van der Waals surface area (Å²) in [6.45, 7) is 2.24. The highest BCUT2D eigenvalue weighted by molar-refractivity contribution is 5.84. The molecule has 0 saturated heterocycles. The minimum atomic E-state index is 0.408. The molecule has 0 aliphatic carbocycles. The Morgan fingerprint density at radius 3 is 2.61 bits per heavy atom. The molecule has 0 aliphatic rings. The van der Waals surface area contributed by atoms with Crippen molar-refractivity contribution < 1.29 is 9.63 Å². The van der Waals surface area contributed by atoms with Gasteiger partial charge in [0.1, 0.15) is 5.82 Å². The zero-order valence-corrected chi connectivity index (χ0v) is 12.8. The Labute approximate surface area is 134 Å². The number of nitrogens with zero attached hydrogens (tertiary/aromatic N) is 2. The van der Waals surface area contributed by atoms with Crippen LogP contribution >= 0.6 is 0 Å². The average Bonchev–Trinajstić information content (AvgIpc) is 3.10. The number of aromatic nitrogens is 2. The summed E-state index contributed by atoms with van der Waals surface area (Å²) in [5.74, 6) is 0.782. The van der Waals surface area contributed by atoms with E-state index in [2.05, 4.69) is 9.97 Å². The Morgan fingerprint density at radius 1 is 1.13 bits per heavy atom. The van der Waals surface area contributed by atoms with E-state index < -0.39 is 0 Å². The molecule has 1 heterocycles. The lowest BCUT2D eigenvalue weighted by Gasteiger charge is -2.18. The number of anilines is 1. The number of imidazole rings is 1. The maximum absolute atomic E-state index is 11.3. The van der Waals surface area contributed by atoms with Crippen LogP contribution in [0.2, 0.25) is 0 Å². The monoisotopic (exact) mass is 307 g/mol. The molecule has 3 aromatic rings. The SMILES string of the molecule is CCON(C=O)c1ccccc1-c1cnc(-c2ccccc2)[nH]1. The maximum atomic E-state index is 11.3. The second-order valence-electron chi connectivity index (χ2n) is 4.88. The molecule has 23 heavy (non-hydrogen) atoms. The lowest BCUT2D eigenvalue weighted by Crippen LogP contribution is -2.21. The third-order valence-corrected chi connectivity index (χ3v) is 3.42. The molecule has 0 radical (unpaired) electrons. The zero-order chi connectivity index (χ0) is 16.1. The third kappa shape index (κ3) is 3.14. The number of benzene rings is 2. The van der Waals surface area contributed by atoms with Gasteiger partial charge in [-0.15, -0.1) is 0 Å². The van der Waals surface area contributed by atoms with Crippen LogP contribution in [-0.2, 0) is 9.63 Å². The predicted molar refractivity (Wildman–Crippen MR) is 89.6 cm³/mol. The van der Waals surface area contributed by atoms with Crippen molar-refractivity contribution in [3.05, 3.63) is 60.8 Å². The highest BCUT2D eigenvalue weighted by Gasteiger charge is 2.14. The van der Waals surface area contributed by atoms with Crippen molar-refractivity contribution in [3.63, 3.8) is 0 Å². The van der Waals surface area contributed by atoms with Gasteiger partial charge >= 0.3 is 0 Å². The van der Waals surface area contributed by atoms with Crippen LogP contribution in [0, 0.1) is 0 Å². The molecule has 5 nitrogen and oxygen atoms in total. The van der Waals surface area contributed by atoms with E-state index in [1.807, 2.05) is 61.5 Å². The molecule has 1 aromatic heterocycles. The summed E-state index contributed by atoms with van der Waals surface area (Å²) in [5, 5.41) is 1.23. The number of H-pyrrole nitrogens is 1. The fraction of sp³-hybridized carbons (Fsp3) is 0.111. The Morgan fingerprint density at radius 2 is 1.87 bits per heavy atom. The molecule has 0 bridgehead atoms. The van der Waals surface area contributed by atoms with Crippen molar-refractivity contribution in [1.29, 1.82) is 0 Å². The van der Waals surface area contributed by atoms with Crippen LogP contribution < -0.4 is 5.06 Å². The number of para-hydroxylation sites is 1. The summed E-state index contributed by atoms with van der Waals surface area (Å²) in [6.07, 6.45) is 2.42. The zero-order valence-electron chi connectivity index (χ0n) is 12.8. The quantitative estimate of drug-likeness (QED) is 0.558. The first-order chi connectivity index (χ1) is 11.3. The van der Waals surface area contributed by atoms with Crippen molar-refractivity contribution >= 4 is 12.1 Å². The molecule has 2 aromatic carbocycles. The van der Waals surface area contributed by atoms with E-state index in [1.165, 1.54) is 5.06 Å². The molecule has 3 rings (SSSR count). The number of rotatable bonds is 6. The Hall–Kier alpha value is -2.92. The van der Waals surface area contributed by atoms with E-state index in [0.717, 1.165) is 22.6 Å². The summed E-state index contributed by atoms with van der Waals surface area (Å²) in [5.41, 5.74) is 3.36. The third-order valence-electron chi connectivity index (χ3n) is 3.42. The van der Waals surface area contributed by atoms with Gasteiger partial charge in [0.2, 0.25) is 6.41 Å². The number of hydrogen-bond acceptors (Lipinski definition) is 3. The molecule has 1 amide bonds. The first kappa shape index (κ1) is 15.0. The summed E-state index contributed by atoms with van der Waals surface area (Å²) in [7, 11) is 0. The molecule has 5 heteroatoms. The molecule has 1 N–H and O–H groups in total. The molecule has 0 spiro atoms. The van der Waals surface area contributed by atoms with Gasteiger partial charge in [0, 0.05) is 11.1 Å². The molecule has 0 saturated carbocycles. The minimum absolute atomic E-state index is 0.408. The van der Waals surface area contributed by atoms with Gasteiger partial charge in [-0.25, -0.2) is 4.98 Å². The van der Waals surface area contributed by atoms with Gasteiger partial charge in [0.25, 0.3) is 0 Å². The molecule has 0 fully saturated rings. The van der Waals surface area contributed by atoms with Crippen molar-refractivity contribution in [1.82, 2.24) is 9.97 Å². The van der Waals surface area contributed by atoms with Crippen LogP contribution in [0.5, 0.6) is 0 Å². The largest absolute Gasteiger partial charge is 0.338 e. The minimum Gasteiger partial charge on any atom is -0.338 e. The number of amides is 1. The molecule has 116 valence electrons. The Balaban J connectivity index is 2.00.